The molecule has 7 heteroatoms. The van der Waals surface area contributed by atoms with E-state index in [2.05, 4.69) is 34.5 Å². The Hall–Kier alpha value is -2.48. The Morgan fingerprint density at radius 2 is 1.94 bits per heavy atom. The number of nitro benzene ring substituents is 1. The minimum Gasteiger partial charge on any atom is -0.377 e. The van der Waals surface area contributed by atoms with Crippen molar-refractivity contribution >= 4 is 11.4 Å². The molecule has 2 aromatic carbocycles. The van der Waals surface area contributed by atoms with E-state index in [1.807, 2.05) is 25.1 Å². The van der Waals surface area contributed by atoms with Gasteiger partial charge in [0.05, 0.1) is 24.7 Å². The highest BCUT2D eigenvalue weighted by atomic mass is 16.6. The molecule has 0 aliphatic carbocycles. The number of benzene rings is 2. The molecule has 1 unspecified atom stereocenters. The van der Waals surface area contributed by atoms with E-state index in [0.717, 1.165) is 44.5 Å². The van der Waals surface area contributed by atoms with E-state index < -0.39 is 0 Å². The first-order valence-electron chi connectivity index (χ1n) is 11.0. The lowest BCUT2D eigenvalue weighted by Crippen LogP contribution is -2.55. The third-order valence-corrected chi connectivity index (χ3v) is 6.18. The maximum Gasteiger partial charge on any atom is 0.292 e. The number of piperidine rings is 1. The lowest BCUT2D eigenvalue weighted by Gasteiger charge is -2.43. The number of likely N-dealkylation sites (tertiary alicyclic amines) is 1. The molecule has 0 amide bonds. The topological polar surface area (TPSA) is 76.9 Å². The Labute approximate surface area is 183 Å². The van der Waals surface area contributed by atoms with Gasteiger partial charge in [-0.15, -0.1) is 0 Å². The Morgan fingerprint density at radius 1 is 1.16 bits per heavy atom. The average molecular weight is 426 g/mol. The van der Waals surface area contributed by atoms with Crippen LogP contribution in [-0.2, 0) is 15.9 Å². The second-order valence-corrected chi connectivity index (χ2v) is 8.72. The predicted octanol–water partition coefficient (Wildman–Crippen LogP) is 3.81. The van der Waals surface area contributed by atoms with Crippen molar-refractivity contribution in [3.05, 3.63) is 69.8 Å². The van der Waals surface area contributed by atoms with Crippen molar-refractivity contribution < 1.29 is 14.4 Å². The van der Waals surface area contributed by atoms with Crippen molar-refractivity contribution in [1.82, 2.24) is 4.90 Å². The van der Waals surface area contributed by atoms with Gasteiger partial charge < -0.3 is 19.7 Å². The summed E-state index contributed by atoms with van der Waals surface area (Å²) in [6.07, 6.45) is 2.71. The maximum absolute atomic E-state index is 11.4. The first kappa shape index (κ1) is 21.7. The number of ether oxygens (including phenoxy) is 2. The third kappa shape index (κ3) is 5.61. The summed E-state index contributed by atoms with van der Waals surface area (Å²) in [7, 11) is 0. The summed E-state index contributed by atoms with van der Waals surface area (Å²) >= 11 is 0. The van der Waals surface area contributed by atoms with Gasteiger partial charge in [-0.25, -0.2) is 0 Å². The molecular weight excluding hydrogens is 394 g/mol. The van der Waals surface area contributed by atoms with Crippen LogP contribution in [0.3, 0.4) is 0 Å². The van der Waals surface area contributed by atoms with Crippen LogP contribution < -0.4 is 5.32 Å². The van der Waals surface area contributed by atoms with Crippen LogP contribution in [0, 0.1) is 17.0 Å². The normalized spacial score (nSPS) is 22.9. The third-order valence-electron chi connectivity index (χ3n) is 6.18. The van der Waals surface area contributed by atoms with E-state index in [1.165, 1.54) is 5.56 Å². The number of nitrogens with one attached hydrogen (secondary N) is 1. The SMILES string of the molecule is Cc1ccc(NC2CCN(CC3(Cc4ccccc4)COCCO3)CC2)c([N+](=O)[O-])c1. The number of nitro groups is 1. The fourth-order valence-corrected chi connectivity index (χ4v) is 4.61. The number of hydrogen-bond acceptors (Lipinski definition) is 6. The van der Waals surface area contributed by atoms with E-state index in [1.54, 1.807) is 6.07 Å². The van der Waals surface area contributed by atoms with E-state index in [4.69, 9.17) is 9.47 Å². The molecule has 0 radical (unpaired) electrons. The summed E-state index contributed by atoms with van der Waals surface area (Å²) in [5.74, 6) is 0. The van der Waals surface area contributed by atoms with Gasteiger partial charge >= 0.3 is 0 Å². The van der Waals surface area contributed by atoms with E-state index in [0.29, 0.717) is 25.5 Å². The highest BCUT2D eigenvalue weighted by Gasteiger charge is 2.37. The number of nitrogens with zero attached hydrogens (tertiary/aromatic N) is 2. The van der Waals surface area contributed by atoms with Gasteiger partial charge in [0.1, 0.15) is 11.3 Å². The van der Waals surface area contributed by atoms with E-state index >= 15 is 0 Å². The van der Waals surface area contributed by atoms with Crippen LogP contribution in [0.5, 0.6) is 0 Å². The molecule has 0 bridgehead atoms. The zero-order valence-corrected chi connectivity index (χ0v) is 18.1. The zero-order valence-electron chi connectivity index (χ0n) is 18.1. The van der Waals surface area contributed by atoms with Gasteiger partial charge in [-0.05, 0) is 37.0 Å². The number of anilines is 1. The molecule has 0 aromatic heterocycles. The smallest absolute Gasteiger partial charge is 0.292 e. The maximum atomic E-state index is 11.4. The Balaban J connectivity index is 1.36. The minimum atomic E-state index is -0.324. The van der Waals surface area contributed by atoms with Crippen LogP contribution in [0.2, 0.25) is 0 Å². The molecule has 1 atom stereocenters. The predicted molar refractivity (Wildman–Crippen MR) is 121 cm³/mol. The Kier molecular flexibility index (Phi) is 6.85. The second-order valence-electron chi connectivity index (χ2n) is 8.72. The molecule has 166 valence electrons. The molecule has 0 saturated carbocycles. The Bertz CT molecular complexity index is 876. The van der Waals surface area contributed by atoms with Crippen LogP contribution in [-0.4, -0.2) is 60.9 Å². The molecule has 1 N–H and O–H groups in total. The first-order valence-corrected chi connectivity index (χ1v) is 11.0. The van der Waals surface area contributed by atoms with Crippen LogP contribution >= 0.6 is 0 Å². The summed E-state index contributed by atoms with van der Waals surface area (Å²) in [4.78, 5) is 13.5. The molecule has 2 aromatic rings. The van der Waals surface area contributed by atoms with E-state index in [9.17, 15) is 10.1 Å². The summed E-state index contributed by atoms with van der Waals surface area (Å²) in [6, 6.07) is 16.0. The van der Waals surface area contributed by atoms with Crippen LogP contribution in [0.1, 0.15) is 24.0 Å². The monoisotopic (exact) mass is 425 g/mol. The molecule has 31 heavy (non-hydrogen) atoms. The number of rotatable bonds is 7. The summed E-state index contributed by atoms with van der Waals surface area (Å²) in [5, 5.41) is 14.8. The Morgan fingerprint density at radius 3 is 2.61 bits per heavy atom. The molecule has 2 fully saturated rings. The fourth-order valence-electron chi connectivity index (χ4n) is 4.61. The first-order chi connectivity index (χ1) is 15.0. The van der Waals surface area contributed by atoms with Crippen LogP contribution in [0.25, 0.3) is 0 Å². The molecular formula is C24H31N3O4. The highest BCUT2D eigenvalue weighted by Crippen LogP contribution is 2.29. The van der Waals surface area contributed by atoms with Crippen molar-refractivity contribution in [2.75, 3.05) is 44.8 Å². The van der Waals surface area contributed by atoms with Gasteiger partial charge in [0.25, 0.3) is 5.69 Å². The van der Waals surface area contributed by atoms with Gasteiger partial charge in [0.2, 0.25) is 0 Å². The van der Waals surface area contributed by atoms with Crippen molar-refractivity contribution in [3.8, 4) is 0 Å². The standard InChI is InChI=1S/C24H31N3O4/c1-19-7-8-22(23(15-19)27(28)29)25-21-9-11-26(12-10-21)17-24(18-30-13-14-31-24)16-20-5-3-2-4-6-20/h2-8,15,21,25H,9-14,16-18H2,1H3. The molecule has 2 aliphatic rings. The summed E-state index contributed by atoms with van der Waals surface area (Å²) < 4.78 is 12.1. The molecule has 4 rings (SSSR count). The van der Waals surface area contributed by atoms with Crippen molar-refractivity contribution in [2.24, 2.45) is 0 Å². The van der Waals surface area contributed by atoms with Gasteiger partial charge in [-0.3, -0.25) is 10.1 Å². The van der Waals surface area contributed by atoms with Gasteiger partial charge in [-0.2, -0.15) is 0 Å². The largest absolute Gasteiger partial charge is 0.377 e. The quantitative estimate of drug-likeness (QED) is 0.537. The lowest BCUT2D eigenvalue weighted by atomic mass is 9.92. The van der Waals surface area contributed by atoms with Crippen molar-refractivity contribution in [2.45, 2.75) is 37.8 Å². The lowest BCUT2D eigenvalue weighted by molar-refractivity contribution is -0.384. The van der Waals surface area contributed by atoms with Crippen LogP contribution in [0.15, 0.2) is 48.5 Å². The molecule has 2 aliphatic heterocycles. The van der Waals surface area contributed by atoms with Crippen LogP contribution in [0.4, 0.5) is 11.4 Å². The fraction of sp³-hybridized carbons (Fsp3) is 0.500. The molecule has 2 heterocycles. The minimum absolute atomic E-state index is 0.150. The number of aryl methyl sites for hydroxylation is 1. The van der Waals surface area contributed by atoms with Crippen molar-refractivity contribution in [3.63, 3.8) is 0 Å². The molecule has 0 spiro atoms. The molecule has 7 nitrogen and oxygen atoms in total. The summed E-state index contributed by atoms with van der Waals surface area (Å²) in [5.41, 5.74) is 2.59. The molecule has 2 saturated heterocycles. The second kappa shape index (κ2) is 9.77. The average Bonchev–Trinajstić information content (AvgIpc) is 2.77. The summed E-state index contributed by atoms with van der Waals surface area (Å²) in [6.45, 7) is 6.45. The van der Waals surface area contributed by atoms with Gasteiger partial charge in [0.15, 0.2) is 0 Å². The van der Waals surface area contributed by atoms with Gasteiger partial charge in [0, 0.05) is 38.2 Å². The van der Waals surface area contributed by atoms with E-state index in [-0.39, 0.29) is 22.3 Å². The number of hydrogen-bond donors (Lipinski definition) is 1. The van der Waals surface area contributed by atoms with Crippen molar-refractivity contribution in [1.29, 1.82) is 0 Å². The van der Waals surface area contributed by atoms with Gasteiger partial charge in [-0.1, -0.05) is 36.4 Å². The highest BCUT2D eigenvalue weighted by molar-refractivity contribution is 5.63. The zero-order chi connectivity index (χ0) is 21.7.